The first-order chi connectivity index (χ1) is 12.2. The van der Waals surface area contributed by atoms with Gasteiger partial charge in [-0.05, 0) is 19.5 Å². The summed E-state index contributed by atoms with van der Waals surface area (Å²) < 4.78 is 1.86. The highest BCUT2D eigenvalue weighted by molar-refractivity contribution is 7.09. The monoisotopic (exact) mass is 349 g/mol. The molecule has 4 rings (SSSR count). The van der Waals surface area contributed by atoms with Crippen LogP contribution in [-0.2, 0) is 6.54 Å². The maximum atomic E-state index is 4.66. The van der Waals surface area contributed by atoms with Gasteiger partial charge in [0, 0.05) is 47.2 Å². The van der Waals surface area contributed by atoms with Crippen molar-refractivity contribution in [2.45, 2.75) is 19.5 Å². The third-order valence-corrected chi connectivity index (χ3v) is 5.40. The van der Waals surface area contributed by atoms with Crippen molar-refractivity contribution in [3.63, 3.8) is 0 Å². The van der Waals surface area contributed by atoms with Crippen molar-refractivity contribution in [2.24, 2.45) is 0 Å². The Morgan fingerprint density at radius 2 is 2.00 bits per heavy atom. The Hall–Kier alpha value is -2.57. The molecule has 126 valence electrons. The van der Waals surface area contributed by atoms with Gasteiger partial charge in [0.15, 0.2) is 5.65 Å². The van der Waals surface area contributed by atoms with E-state index in [1.54, 1.807) is 11.3 Å². The molecule has 0 saturated carbocycles. The van der Waals surface area contributed by atoms with Crippen molar-refractivity contribution in [1.29, 1.82) is 0 Å². The van der Waals surface area contributed by atoms with Crippen LogP contribution in [0.3, 0.4) is 0 Å². The first-order valence-electron chi connectivity index (χ1n) is 8.18. The molecule has 0 bridgehead atoms. The molecule has 1 aromatic carbocycles. The van der Waals surface area contributed by atoms with Gasteiger partial charge in [0.05, 0.1) is 11.7 Å². The Morgan fingerprint density at radius 3 is 2.76 bits per heavy atom. The predicted molar refractivity (Wildman–Crippen MR) is 100 cm³/mol. The molecule has 0 fully saturated rings. The molecular weight excluding hydrogens is 330 g/mol. The second-order valence-electron chi connectivity index (χ2n) is 6.15. The van der Waals surface area contributed by atoms with Crippen LogP contribution in [0.4, 0.5) is 0 Å². The minimum atomic E-state index is 0.320. The summed E-state index contributed by atoms with van der Waals surface area (Å²) in [5.41, 5.74) is 6.08. The quantitative estimate of drug-likeness (QED) is 0.545. The van der Waals surface area contributed by atoms with Crippen LogP contribution in [0.5, 0.6) is 0 Å². The lowest BCUT2D eigenvalue weighted by atomic mass is 10.1. The van der Waals surface area contributed by atoms with Crippen LogP contribution >= 0.6 is 11.3 Å². The summed E-state index contributed by atoms with van der Waals surface area (Å²) in [6, 6.07) is 10.6. The zero-order valence-electron chi connectivity index (χ0n) is 14.2. The van der Waals surface area contributed by atoms with E-state index in [2.05, 4.69) is 52.3 Å². The molecule has 6 heteroatoms. The van der Waals surface area contributed by atoms with E-state index in [1.165, 1.54) is 4.88 Å². The maximum Gasteiger partial charge on any atom is 0.162 e. The van der Waals surface area contributed by atoms with Crippen molar-refractivity contribution in [3.8, 4) is 11.1 Å². The van der Waals surface area contributed by atoms with Gasteiger partial charge in [-0.25, -0.2) is 9.50 Å². The third kappa shape index (κ3) is 3.18. The number of aromatic nitrogens is 4. The molecule has 0 aliphatic rings. The zero-order valence-corrected chi connectivity index (χ0v) is 15.0. The predicted octanol–water partition coefficient (Wildman–Crippen LogP) is 4.05. The highest BCUT2D eigenvalue weighted by atomic mass is 32.1. The molecule has 0 saturated heterocycles. The standard InChI is InChI=1S/C19H19N5S/c1-14(18-10-20-13-25-18)23(2)11-15-8-21-19-17(9-22-24(19)12-15)16-6-4-3-5-7-16/h3-10,12-14H,11H2,1-2H3/t14-/m0/s1. The molecule has 5 nitrogen and oxygen atoms in total. The number of rotatable bonds is 5. The van der Waals surface area contributed by atoms with Gasteiger partial charge in [-0.1, -0.05) is 30.3 Å². The Kier molecular flexibility index (Phi) is 4.29. The van der Waals surface area contributed by atoms with Gasteiger partial charge in [-0.3, -0.25) is 9.88 Å². The Labute approximate surface area is 150 Å². The molecule has 0 amide bonds. The van der Waals surface area contributed by atoms with Crippen LogP contribution in [0.1, 0.15) is 23.4 Å². The van der Waals surface area contributed by atoms with Crippen LogP contribution < -0.4 is 0 Å². The SMILES string of the molecule is C[C@@H](c1cncs1)N(C)Cc1cnc2c(-c3ccccc3)cnn2c1. The Bertz CT molecular complexity index is 962. The smallest absolute Gasteiger partial charge is 0.162 e. The first kappa shape index (κ1) is 15.9. The largest absolute Gasteiger partial charge is 0.294 e. The summed E-state index contributed by atoms with van der Waals surface area (Å²) in [5, 5.41) is 4.49. The van der Waals surface area contributed by atoms with E-state index < -0.39 is 0 Å². The van der Waals surface area contributed by atoms with E-state index in [0.717, 1.165) is 28.9 Å². The second-order valence-corrected chi connectivity index (χ2v) is 7.07. The molecule has 0 aliphatic carbocycles. The molecule has 0 radical (unpaired) electrons. The van der Waals surface area contributed by atoms with E-state index in [-0.39, 0.29) is 0 Å². The molecule has 0 N–H and O–H groups in total. The van der Waals surface area contributed by atoms with Crippen molar-refractivity contribution < 1.29 is 0 Å². The summed E-state index contributed by atoms with van der Waals surface area (Å²) in [6.45, 7) is 3.00. The van der Waals surface area contributed by atoms with Gasteiger partial charge in [0.1, 0.15) is 0 Å². The van der Waals surface area contributed by atoms with Crippen LogP contribution in [0.2, 0.25) is 0 Å². The summed E-state index contributed by atoms with van der Waals surface area (Å²) in [6.07, 6.45) is 7.82. The highest BCUT2D eigenvalue weighted by Crippen LogP contribution is 2.25. The zero-order chi connectivity index (χ0) is 17.2. The van der Waals surface area contributed by atoms with Gasteiger partial charge in [-0.2, -0.15) is 5.10 Å². The number of thiazole rings is 1. The minimum absolute atomic E-state index is 0.320. The van der Waals surface area contributed by atoms with Crippen LogP contribution in [0.15, 0.2) is 60.6 Å². The van der Waals surface area contributed by atoms with Crippen molar-refractivity contribution >= 4 is 17.0 Å². The number of benzene rings is 1. The Morgan fingerprint density at radius 1 is 1.16 bits per heavy atom. The van der Waals surface area contributed by atoms with Crippen LogP contribution in [-0.4, -0.2) is 31.5 Å². The molecule has 4 aromatic rings. The van der Waals surface area contributed by atoms with Gasteiger partial charge in [0.2, 0.25) is 0 Å². The van der Waals surface area contributed by atoms with E-state index >= 15 is 0 Å². The number of hydrogen-bond acceptors (Lipinski definition) is 5. The number of nitrogens with zero attached hydrogens (tertiary/aromatic N) is 5. The third-order valence-electron chi connectivity index (χ3n) is 4.45. The molecule has 1 atom stereocenters. The molecule has 0 aliphatic heterocycles. The molecule has 0 spiro atoms. The highest BCUT2D eigenvalue weighted by Gasteiger charge is 2.14. The lowest BCUT2D eigenvalue weighted by Gasteiger charge is -2.23. The Balaban J connectivity index is 1.58. The fourth-order valence-electron chi connectivity index (χ4n) is 2.89. The van der Waals surface area contributed by atoms with Crippen LogP contribution in [0, 0.1) is 0 Å². The summed E-state index contributed by atoms with van der Waals surface area (Å²) >= 11 is 1.69. The average Bonchev–Trinajstić information content (AvgIpc) is 3.31. The van der Waals surface area contributed by atoms with Gasteiger partial charge in [0.25, 0.3) is 0 Å². The fraction of sp³-hybridized carbons (Fsp3) is 0.211. The molecule has 0 unspecified atom stereocenters. The van der Waals surface area contributed by atoms with Crippen molar-refractivity contribution in [2.75, 3.05) is 7.05 Å². The summed E-state index contributed by atoms with van der Waals surface area (Å²) in [4.78, 5) is 12.4. The molecule has 3 heterocycles. The van der Waals surface area contributed by atoms with E-state index in [4.69, 9.17) is 0 Å². The van der Waals surface area contributed by atoms with Gasteiger partial charge < -0.3 is 0 Å². The minimum Gasteiger partial charge on any atom is -0.294 e. The van der Waals surface area contributed by atoms with Crippen molar-refractivity contribution in [3.05, 3.63) is 71.1 Å². The average molecular weight is 349 g/mol. The topological polar surface area (TPSA) is 46.3 Å². The lowest BCUT2D eigenvalue weighted by molar-refractivity contribution is 0.255. The number of fused-ring (bicyclic) bond motifs is 1. The van der Waals surface area contributed by atoms with Crippen molar-refractivity contribution in [1.82, 2.24) is 24.5 Å². The normalized spacial score (nSPS) is 12.8. The van der Waals surface area contributed by atoms with Gasteiger partial charge in [-0.15, -0.1) is 11.3 Å². The second kappa shape index (κ2) is 6.74. The van der Waals surface area contributed by atoms with Crippen LogP contribution in [0.25, 0.3) is 16.8 Å². The lowest BCUT2D eigenvalue weighted by Crippen LogP contribution is -2.21. The number of hydrogen-bond donors (Lipinski definition) is 0. The maximum absolute atomic E-state index is 4.66. The summed E-state index contributed by atoms with van der Waals surface area (Å²) in [5.74, 6) is 0. The molecule has 3 aromatic heterocycles. The van der Waals surface area contributed by atoms with E-state index in [9.17, 15) is 0 Å². The van der Waals surface area contributed by atoms with E-state index in [0.29, 0.717) is 6.04 Å². The van der Waals surface area contributed by atoms with Gasteiger partial charge >= 0.3 is 0 Å². The summed E-state index contributed by atoms with van der Waals surface area (Å²) in [7, 11) is 2.12. The molecule has 25 heavy (non-hydrogen) atoms. The fourth-order valence-corrected chi connectivity index (χ4v) is 3.63. The van der Waals surface area contributed by atoms with E-state index in [1.807, 2.05) is 46.8 Å². The molecular formula is C19H19N5S. The first-order valence-corrected chi connectivity index (χ1v) is 9.06.